The van der Waals surface area contributed by atoms with Crippen molar-refractivity contribution >= 4 is 54.7 Å². The average Bonchev–Trinajstić information content (AvgIpc) is 3.22. The van der Waals surface area contributed by atoms with Crippen LogP contribution in [-0.4, -0.2) is 81.1 Å². The van der Waals surface area contributed by atoms with Crippen LogP contribution < -0.4 is 15.4 Å². The number of likely N-dealkylation sites (tertiary alicyclic amines) is 1. The van der Waals surface area contributed by atoms with Crippen molar-refractivity contribution in [2.75, 3.05) is 37.4 Å². The summed E-state index contributed by atoms with van der Waals surface area (Å²) in [5.74, 6) is 2.31. The molecular formula is C25H36N7OTl. The number of aromatic nitrogens is 4. The van der Waals surface area contributed by atoms with Gasteiger partial charge in [0, 0.05) is 0 Å². The quantitative estimate of drug-likeness (QED) is 0.216. The monoisotopic (exact) mass is 655 g/mol. The number of imidazole rings is 1. The number of hydrogen-bond donors (Lipinski definition) is 2. The van der Waals surface area contributed by atoms with Gasteiger partial charge in [-0.05, 0) is 0 Å². The van der Waals surface area contributed by atoms with Crippen LogP contribution in [0, 0.1) is 0 Å². The second-order valence-corrected chi connectivity index (χ2v) is 11.4. The number of fused-ring (bicyclic) bond motifs is 1. The molecule has 0 atom stereocenters. The maximum atomic E-state index is 5.91. The molecule has 0 bridgehead atoms. The van der Waals surface area contributed by atoms with Gasteiger partial charge in [-0.25, -0.2) is 0 Å². The molecule has 1 fully saturated rings. The molecule has 2 aromatic heterocycles. The first-order valence-corrected chi connectivity index (χ1v) is 14.6. The van der Waals surface area contributed by atoms with E-state index in [1.54, 1.807) is 0 Å². The number of piperidine rings is 1. The predicted octanol–water partition coefficient (Wildman–Crippen LogP) is 4.75. The first-order chi connectivity index (χ1) is 16.6. The summed E-state index contributed by atoms with van der Waals surface area (Å²) in [4.78, 5) is 16.5. The average molecular weight is 655 g/mol. The third kappa shape index (κ3) is 7.03. The van der Waals surface area contributed by atoms with Crippen molar-refractivity contribution < 1.29 is 4.74 Å². The molecule has 1 aliphatic heterocycles. The fraction of sp³-hybridized carbons (Fsp3) is 0.560. The van der Waals surface area contributed by atoms with Crippen molar-refractivity contribution in [1.82, 2.24) is 22.2 Å². The molecule has 3 heterocycles. The molecule has 2 N–H and O–H groups in total. The van der Waals surface area contributed by atoms with Gasteiger partial charge in [0.1, 0.15) is 0 Å². The number of unbranched alkanes of at least 4 members (excludes halogenated alkanes) is 5. The van der Waals surface area contributed by atoms with Crippen molar-refractivity contribution in [3.8, 4) is 5.75 Å². The van der Waals surface area contributed by atoms with Gasteiger partial charge in [0.05, 0.1) is 0 Å². The Hall–Kier alpha value is -1.95. The summed E-state index contributed by atoms with van der Waals surface area (Å²) in [5, 5.41) is 7.01. The Labute approximate surface area is 219 Å². The Kier molecular flexibility index (Phi) is 9.37. The fourth-order valence-corrected chi connectivity index (χ4v) is 5.21. The zero-order chi connectivity index (χ0) is 23.8. The Balaban J connectivity index is 1.36. The van der Waals surface area contributed by atoms with Crippen molar-refractivity contribution in [3.63, 3.8) is 0 Å². The Bertz CT molecular complexity index is 1030. The summed E-state index contributed by atoms with van der Waals surface area (Å²) < 4.78 is 8.01. The van der Waals surface area contributed by atoms with Gasteiger partial charge in [-0.15, -0.1) is 0 Å². The second kappa shape index (κ2) is 12.7. The van der Waals surface area contributed by atoms with Gasteiger partial charge in [-0.2, -0.15) is 0 Å². The normalized spacial score (nSPS) is 15.0. The van der Waals surface area contributed by atoms with E-state index in [2.05, 4.69) is 36.9 Å². The third-order valence-corrected chi connectivity index (χ3v) is 7.83. The van der Waals surface area contributed by atoms with Crippen molar-refractivity contribution in [2.24, 2.45) is 0 Å². The number of benzene rings is 1. The molecule has 0 aliphatic carbocycles. The summed E-state index contributed by atoms with van der Waals surface area (Å²) in [6.45, 7) is 5.22. The van der Waals surface area contributed by atoms with Gasteiger partial charge in [0.25, 0.3) is 0 Å². The van der Waals surface area contributed by atoms with E-state index in [9.17, 15) is 0 Å². The molecular weight excluding hydrogens is 619 g/mol. The van der Waals surface area contributed by atoms with Crippen LogP contribution in [0.2, 0.25) is 0 Å². The van der Waals surface area contributed by atoms with Crippen molar-refractivity contribution in [3.05, 3.63) is 30.6 Å². The number of nitrogens with zero attached hydrogens (tertiary/aromatic N) is 5. The van der Waals surface area contributed by atoms with Gasteiger partial charge in [-0.3, -0.25) is 0 Å². The molecule has 34 heavy (non-hydrogen) atoms. The summed E-state index contributed by atoms with van der Waals surface area (Å²) in [6.07, 6.45) is 11.7. The van der Waals surface area contributed by atoms with E-state index in [1.807, 2.05) is 30.6 Å². The predicted molar refractivity (Wildman–Crippen MR) is 139 cm³/mol. The molecule has 3 aromatic rings. The number of anilines is 3. The van der Waals surface area contributed by atoms with Crippen molar-refractivity contribution in [2.45, 2.75) is 64.3 Å². The standard InChI is InChI=1S/C25H36N7O.Tl/c1-3-4-5-6-7-8-17-33-21-11-9-19(10-12-21)29-25-30-23-22(26-18-27-23)24(31-25)28-20-13-15-32(2)16-14-20;/h9-12,18,20H,3-8,13-17H2,1-2H3,(H2-,26,27,28,29,30,31);/q-1;+1. The molecule has 0 saturated carbocycles. The minimum absolute atomic E-state index is 0.409. The Morgan fingerprint density at radius 3 is 2.53 bits per heavy atom. The van der Waals surface area contributed by atoms with Crippen LogP contribution in [0.4, 0.5) is 17.5 Å². The van der Waals surface area contributed by atoms with E-state index in [4.69, 9.17) is 14.7 Å². The molecule has 0 unspecified atom stereocenters. The molecule has 180 valence electrons. The molecule has 1 aromatic carbocycles. The number of nitrogens with one attached hydrogen (secondary N) is 2. The topological polar surface area (TPSA) is 80.1 Å². The van der Waals surface area contributed by atoms with Crippen LogP contribution in [0.25, 0.3) is 11.2 Å². The SMILES string of the molecule is CCCCCCCCOc1ccc(Nc2nc(NC3CCN(C)CC3)c3nc[n]([Tl])c3n2)cc1. The van der Waals surface area contributed by atoms with Crippen LogP contribution in [0.5, 0.6) is 5.75 Å². The van der Waals surface area contributed by atoms with Crippen LogP contribution in [-0.2, 0) is 0 Å². The summed E-state index contributed by atoms with van der Waals surface area (Å²) >= 11 is 0.594. The number of ether oxygens (including phenoxy) is 1. The summed E-state index contributed by atoms with van der Waals surface area (Å²) in [5.41, 5.74) is 2.68. The summed E-state index contributed by atoms with van der Waals surface area (Å²) in [6, 6.07) is 8.47. The van der Waals surface area contributed by atoms with E-state index in [-0.39, 0.29) is 0 Å². The van der Waals surface area contributed by atoms with Gasteiger partial charge in [0.2, 0.25) is 0 Å². The number of rotatable bonds is 12. The zero-order valence-corrected chi connectivity index (χ0v) is 25.0. The minimum atomic E-state index is 0.409. The maximum absolute atomic E-state index is 5.91. The molecule has 9 heteroatoms. The molecule has 1 saturated heterocycles. The van der Waals surface area contributed by atoms with Gasteiger partial charge in [-0.1, -0.05) is 39.0 Å². The Morgan fingerprint density at radius 1 is 1.03 bits per heavy atom. The van der Waals surface area contributed by atoms with E-state index in [0.717, 1.165) is 67.4 Å². The van der Waals surface area contributed by atoms with E-state index in [0.29, 0.717) is 38.1 Å². The molecule has 0 amide bonds. The van der Waals surface area contributed by atoms with Crippen LogP contribution in [0.15, 0.2) is 30.6 Å². The van der Waals surface area contributed by atoms with Crippen LogP contribution >= 0.6 is 0 Å². The molecule has 4 rings (SSSR count). The fourth-order valence-electron chi connectivity index (χ4n) is 4.26. The van der Waals surface area contributed by atoms with Crippen LogP contribution in [0.3, 0.4) is 0 Å². The first kappa shape index (κ1) is 25.2. The number of hydrogen-bond acceptors (Lipinski definition) is 7. The van der Waals surface area contributed by atoms with E-state index >= 15 is 0 Å². The van der Waals surface area contributed by atoms with Crippen molar-refractivity contribution in [1.29, 1.82) is 0 Å². The Morgan fingerprint density at radius 2 is 1.76 bits per heavy atom. The van der Waals surface area contributed by atoms with E-state index < -0.39 is 0 Å². The van der Waals surface area contributed by atoms with Gasteiger partial charge >= 0.3 is 181 Å². The zero-order valence-electron chi connectivity index (χ0n) is 20.5. The van der Waals surface area contributed by atoms with Gasteiger partial charge < -0.3 is 0 Å². The molecule has 8 nitrogen and oxygen atoms in total. The molecule has 1 aliphatic rings. The third-order valence-electron chi connectivity index (χ3n) is 6.36. The molecule has 0 spiro atoms. The van der Waals surface area contributed by atoms with Crippen LogP contribution in [0.1, 0.15) is 58.3 Å². The first-order valence-electron chi connectivity index (χ1n) is 12.6. The summed E-state index contributed by atoms with van der Waals surface area (Å²) in [7, 11) is 2.18. The van der Waals surface area contributed by atoms with Gasteiger partial charge in [0.15, 0.2) is 0 Å². The molecule has 0 radical (unpaired) electrons. The second-order valence-electron chi connectivity index (χ2n) is 9.21. The van der Waals surface area contributed by atoms with E-state index in [1.165, 1.54) is 32.1 Å².